The molecule has 0 amide bonds. The first-order chi connectivity index (χ1) is 8.63. The lowest BCUT2D eigenvalue weighted by atomic mass is 10.1. The summed E-state index contributed by atoms with van der Waals surface area (Å²) in [6, 6.07) is 4.91. The van der Waals surface area contributed by atoms with Gasteiger partial charge in [0, 0.05) is 6.42 Å². The summed E-state index contributed by atoms with van der Waals surface area (Å²) in [5, 5.41) is 20.5. The minimum Gasteiger partial charge on any atom is -0.478 e. The van der Waals surface area contributed by atoms with E-state index in [2.05, 4.69) is 22.4 Å². The molecule has 0 saturated heterocycles. The monoisotopic (exact) mass is 246 g/mol. The predicted molar refractivity (Wildman–Crippen MR) is 64.8 cm³/mol. The molecular formula is C12H14N4O2. The number of aromatic carboxylic acids is 1. The van der Waals surface area contributed by atoms with Gasteiger partial charge in [-0.2, -0.15) is 4.68 Å². The van der Waals surface area contributed by atoms with Crippen LogP contribution >= 0.6 is 0 Å². The number of hydrogen-bond acceptors (Lipinski definition) is 4. The number of carboxylic acids is 1. The minimum atomic E-state index is -0.935. The van der Waals surface area contributed by atoms with Crippen LogP contribution in [0.4, 0.5) is 0 Å². The Kier molecular flexibility index (Phi) is 3.36. The molecule has 6 heteroatoms. The standard InChI is InChI=1S/C12H14N4O2/c1-3-4-11-13-14-15-16(11)10-6-5-9(12(17)18)7-8(10)2/h5-7H,3-4H2,1-2H3,(H,17,18). The van der Waals surface area contributed by atoms with E-state index in [9.17, 15) is 4.79 Å². The molecule has 0 unspecified atom stereocenters. The molecule has 1 N–H and O–H groups in total. The lowest BCUT2D eigenvalue weighted by molar-refractivity contribution is 0.0697. The SMILES string of the molecule is CCCc1nnnn1-c1ccc(C(=O)O)cc1C. The normalized spacial score (nSPS) is 10.6. The van der Waals surface area contributed by atoms with Gasteiger partial charge in [0.15, 0.2) is 5.82 Å². The van der Waals surface area contributed by atoms with Crippen molar-refractivity contribution in [3.63, 3.8) is 0 Å². The molecule has 0 bridgehead atoms. The van der Waals surface area contributed by atoms with Crippen molar-refractivity contribution < 1.29 is 9.90 Å². The van der Waals surface area contributed by atoms with Crippen molar-refractivity contribution in [1.82, 2.24) is 20.2 Å². The molecule has 2 rings (SSSR count). The molecule has 6 nitrogen and oxygen atoms in total. The van der Waals surface area contributed by atoms with Crippen LogP contribution < -0.4 is 0 Å². The lowest BCUT2D eigenvalue weighted by Gasteiger charge is -2.08. The maximum Gasteiger partial charge on any atom is 0.335 e. The molecule has 94 valence electrons. The van der Waals surface area contributed by atoms with Crippen LogP contribution in [0.15, 0.2) is 18.2 Å². The number of hydrogen-bond donors (Lipinski definition) is 1. The molecule has 0 aliphatic rings. The largest absolute Gasteiger partial charge is 0.478 e. The van der Waals surface area contributed by atoms with E-state index in [-0.39, 0.29) is 5.56 Å². The summed E-state index contributed by atoms with van der Waals surface area (Å²) in [6.07, 6.45) is 1.74. The third-order valence-corrected chi connectivity index (χ3v) is 2.68. The second kappa shape index (κ2) is 4.95. The molecule has 1 aromatic carbocycles. The van der Waals surface area contributed by atoms with Gasteiger partial charge in [-0.15, -0.1) is 5.10 Å². The second-order valence-electron chi connectivity index (χ2n) is 4.06. The van der Waals surface area contributed by atoms with Crippen molar-refractivity contribution in [2.24, 2.45) is 0 Å². The van der Waals surface area contributed by atoms with Crippen LogP contribution in [0.25, 0.3) is 5.69 Å². The fourth-order valence-electron chi connectivity index (χ4n) is 1.80. The molecule has 2 aromatic rings. The molecule has 0 fully saturated rings. The Morgan fingerprint density at radius 2 is 2.22 bits per heavy atom. The van der Waals surface area contributed by atoms with Gasteiger partial charge in [0.25, 0.3) is 0 Å². The fraction of sp³-hybridized carbons (Fsp3) is 0.333. The number of aromatic nitrogens is 4. The van der Waals surface area contributed by atoms with E-state index < -0.39 is 5.97 Å². The molecule has 0 aliphatic carbocycles. The van der Waals surface area contributed by atoms with Gasteiger partial charge in [0.1, 0.15) is 0 Å². The Balaban J connectivity index is 2.44. The molecule has 1 heterocycles. The van der Waals surface area contributed by atoms with E-state index in [1.807, 2.05) is 6.92 Å². The fourth-order valence-corrected chi connectivity index (χ4v) is 1.80. The van der Waals surface area contributed by atoms with Crippen LogP contribution in [-0.4, -0.2) is 31.3 Å². The highest BCUT2D eigenvalue weighted by Crippen LogP contribution is 2.16. The zero-order valence-electron chi connectivity index (χ0n) is 10.3. The first-order valence-corrected chi connectivity index (χ1v) is 5.75. The maximum absolute atomic E-state index is 10.9. The van der Waals surface area contributed by atoms with E-state index in [1.54, 1.807) is 22.9 Å². The Morgan fingerprint density at radius 3 is 2.83 bits per heavy atom. The average molecular weight is 246 g/mol. The number of aryl methyl sites for hydroxylation is 2. The highest BCUT2D eigenvalue weighted by Gasteiger charge is 2.11. The first kappa shape index (κ1) is 12.2. The summed E-state index contributed by atoms with van der Waals surface area (Å²) in [5.74, 6) is -0.154. The van der Waals surface area contributed by atoms with Gasteiger partial charge in [-0.05, 0) is 47.5 Å². The number of carboxylic acid groups (broad SMARTS) is 1. The van der Waals surface area contributed by atoms with Crippen LogP contribution in [-0.2, 0) is 6.42 Å². The summed E-state index contributed by atoms with van der Waals surface area (Å²) in [6.45, 7) is 3.90. The average Bonchev–Trinajstić information content (AvgIpc) is 2.77. The number of nitrogens with zero attached hydrogens (tertiary/aromatic N) is 4. The van der Waals surface area contributed by atoms with Crippen molar-refractivity contribution in [1.29, 1.82) is 0 Å². The zero-order chi connectivity index (χ0) is 13.1. The number of benzene rings is 1. The third kappa shape index (κ3) is 2.22. The van der Waals surface area contributed by atoms with Gasteiger partial charge in [0.05, 0.1) is 11.3 Å². The molecular weight excluding hydrogens is 232 g/mol. The third-order valence-electron chi connectivity index (χ3n) is 2.68. The van der Waals surface area contributed by atoms with E-state index in [1.165, 1.54) is 0 Å². The van der Waals surface area contributed by atoms with Gasteiger partial charge in [-0.25, -0.2) is 4.79 Å². The lowest BCUT2D eigenvalue weighted by Crippen LogP contribution is -2.06. The summed E-state index contributed by atoms with van der Waals surface area (Å²) in [5.41, 5.74) is 1.91. The quantitative estimate of drug-likeness (QED) is 0.886. The Morgan fingerprint density at radius 1 is 1.44 bits per heavy atom. The Bertz CT molecular complexity index is 577. The van der Waals surface area contributed by atoms with Crippen molar-refractivity contribution >= 4 is 5.97 Å². The van der Waals surface area contributed by atoms with Gasteiger partial charge < -0.3 is 5.11 Å². The van der Waals surface area contributed by atoms with Crippen molar-refractivity contribution in [3.8, 4) is 5.69 Å². The molecule has 0 aliphatic heterocycles. The second-order valence-corrected chi connectivity index (χ2v) is 4.06. The highest BCUT2D eigenvalue weighted by molar-refractivity contribution is 5.88. The van der Waals surface area contributed by atoms with Crippen LogP contribution in [0.5, 0.6) is 0 Å². The van der Waals surface area contributed by atoms with Crippen LogP contribution in [0.2, 0.25) is 0 Å². The Labute approximate surface area is 104 Å². The molecule has 0 radical (unpaired) electrons. The van der Waals surface area contributed by atoms with Crippen LogP contribution in [0, 0.1) is 6.92 Å². The number of tetrazole rings is 1. The van der Waals surface area contributed by atoms with E-state index in [0.29, 0.717) is 0 Å². The predicted octanol–water partition coefficient (Wildman–Crippen LogP) is 1.62. The van der Waals surface area contributed by atoms with Crippen LogP contribution in [0.1, 0.15) is 35.1 Å². The zero-order valence-corrected chi connectivity index (χ0v) is 10.3. The number of rotatable bonds is 4. The summed E-state index contributed by atoms with van der Waals surface area (Å²) in [4.78, 5) is 10.9. The van der Waals surface area contributed by atoms with E-state index >= 15 is 0 Å². The molecule has 18 heavy (non-hydrogen) atoms. The van der Waals surface area contributed by atoms with Gasteiger partial charge >= 0.3 is 5.97 Å². The van der Waals surface area contributed by atoms with E-state index in [0.717, 1.165) is 29.9 Å². The minimum absolute atomic E-state index is 0.265. The topological polar surface area (TPSA) is 80.9 Å². The molecule has 1 aromatic heterocycles. The van der Waals surface area contributed by atoms with Crippen LogP contribution in [0.3, 0.4) is 0 Å². The highest BCUT2D eigenvalue weighted by atomic mass is 16.4. The molecule has 0 saturated carbocycles. The Hall–Kier alpha value is -2.24. The smallest absolute Gasteiger partial charge is 0.335 e. The van der Waals surface area contributed by atoms with Crippen molar-refractivity contribution in [2.75, 3.05) is 0 Å². The van der Waals surface area contributed by atoms with Gasteiger partial charge in [-0.3, -0.25) is 0 Å². The van der Waals surface area contributed by atoms with Crippen molar-refractivity contribution in [2.45, 2.75) is 26.7 Å². The van der Waals surface area contributed by atoms with E-state index in [4.69, 9.17) is 5.11 Å². The summed E-state index contributed by atoms with van der Waals surface area (Å²) >= 11 is 0. The van der Waals surface area contributed by atoms with Gasteiger partial charge in [-0.1, -0.05) is 6.92 Å². The molecule has 0 atom stereocenters. The maximum atomic E-state index is 10.9. The summed E-state index contributed by atoms with van der Waals surface area (Å²) < 4.78 is 1.66. The van der Waals surface area contributed by atoms with Crippen molar-refractivity contribution in [3.05, 3.63) is 35.2 Å². The summed E-state index contributed by atoms with van der Waals surface area (Å²) in [7, 11) is 0. The van der Waals surface area contributed by atoms with Gasteiger partial charge in [0.2, 0.25) is 0 Å². The number of carbonyl (C=O) groups is 1. The first-order valence-electron chi connectivity index (χ1n) is 5.75. The molecule has 0 spiro atoms.